The smallest absolute Gasteiger partial charge is 0.298 e. The van der Waals surface area contributed by atoms with Crippen LogP contribution in [-0.4, -0.2) is 12.7 Å². The minimum Gasteiger partial charge on any atom is -0.429 e. The average molecular weight is 315 g/mol. The molecule has 3 heteroatoms. The Morgan fingerprint density at radius 2 is 1.46 bits per heavy atom. The lowest BCUT2D eigenvalue weighted by atomic mass is 9.95. The van der Waals surface area contributed by atoms with Gasteiger partial charge in [0.25, 0.3) is 6.47 Å². The molecule has 0 aliphatic heterocycles. The van der Waals surface area contributed by atoms with Gasteiger partial charge in [0.1, 0.15) is 5.75 Å². The van der Waals surface area contributed by atoms with Crippen molar-refractivity contribution in [2.45, 2.75) is 6.92 Å². The number of nitrogens with one attached hydrogen (secondary N) is 1. The molecule has 0 aliphatic carbocycles. The second-order valence-electron chi connectivity index (χ2n) is 5.53. The summed E-state index contributed by atoms with van der Waals surface area (Å²) in [5.74, 6) is 0.536. The van der Waals surface area contributed by atoms with Crippen molar-refractivity contribution >= 4 is 12.7 Å². The molecule has 0 atom stereocenters. The van der Waals surface area contributed by atoms with E-state index in [0.29, 0.717) is 12.2 Å². The van der Waals surface area contributed by atoms with Crippen molar-refractivity contribution in [1.82, 2.24) is 0 Å². The molecule has 0 amide bonds. The summed E-state index contributed by atoms with van der Waals surface area (Å²) in [5, 5.41) is 7.27. The number of hydrogen-bond acceptors (Lipinski definition) is 3. The Morgan fingerprint density at radius 1 is 0.833 bits per heavy atom. The Hall–Kier alpha value is -3.20. The standard InChI is InChI=1S/C21H17NO2/c1-15-12-19(17-6-9-20(10-7-17)24-14-23)8-11-21(15)18-4-2-16(13-22)3-5-18/h2-14,22H,1H3. The summed E-state index contributed by atoms with van der Waals surface area (Å²) in [6, 6.07) is 21.7. The van der Waals surface area contributed by atoms with Crippen molar-refractivity contribution in [3.63, 3.8) is 0 Å². The highest BCUT2D eigenvalue weighted by Gasteiger charge is 2.05. The molecule has 118 valence electrons. The zero-order valence-electron chi connectivity index (χ0n) is 13.3. The van der Waals surface area contributed by atoms with Gasteiger partial charge in [-0.3, -0.25) is 4.79 Å². The van der Waals surface area contributed by atoms with Crippen LogP contribution in [0.25, 0.3) is 22.3 Å². The monoisotopic (exact) mass is 315 g/mol. The van der Waals surface area contributed by atoms with Crippen molar-refractivity contribution in [1.29, 1.82) is 5.41 Å². The van der Waals surface area contributed by atoms with Gasteiger partial charge in [-0.15, -0.1) is 0 Å². The lowest BCUT2D eigenvalue weighted by Crippen LogP contribution is -1.89. The van der Waals surface area contributed by atoms with E-state index in [1.54, 1.807) is 12.1 Å². The topological polar surface area (TPSA) is 50.2 Å². The molecule has 0 saturated carbocycles. The Kier molecular flexibility index (Phi) is 4.52. The van der Waals surface area contributed by atoms with E-state index >= 15 is 0 Å². The summed E-state index contributed by atoms with van der Waals surface area (Å²) in [6.07, 6.45) is 1.34. The molecule has 0 aromatic heterocycles. The third kappa shape index (κ3) is 3.25. The summed E-state index contributed by atoms with van der Waals surface area (Å²) in [5.41, 5.74) is 6.58. The molecule has 3 aromatic rings. The highest BCUT2D eigenvalue weighted by atomic mass is 16.5. The third-order valence-electron chi connectivity index (χ3n) is 3.99. The number of rotatable bonds is 5. The summed E-state index contributed by atoms with van der Waals surface area (Å²) >= 11 is 0. The quantitative estimate of drug-likeness (QED) is 0.540. The first-order valence-corrected chi connectivity index (χ1v) is 7.63. The Balaban J connectivity index is 1.91. The second kappa shape index (κ2) is 6.92. The summed E-state index contributed by atoms with van der Waals surface area (Å²) in [4.78, 5) is 10.4. The van der Waals surface area contributed by atoms with Gasteiger partial charge in [-0.1, -0.05) is 54.6 Å². The number of aryl methyl sites for hydroxylation is 1. The van der Waals surface area contributed by atoms with Gasteiger partial charge in [0.2, 0.25) is 0 Å². The third-order valence-corrected chi connectivity index (χ3v) is 3.99. The van der Waals surface area contributed by atoms with Gasteiger partial charge < -0.3 is 10.1 Å². The lowest BCUT2D eigenvalue weighted by molar-refractivity contribution is -0.120. The van der Waals surface area contributed by atoms with E-state index < -0.39 is 0 Å². The number of carbonyl (C=O) groups is 1. The Labute approximate surface area is 141 Å². The van der Waals surface area contributed by atoms with Gasteiger partial charge in [-0.05, 0) is 52.4 Å². The molecule has 1 N–H and O–H groups in total. The fourth-order valence-corrected chi connectivity index (χ4v) is 2.71. The minimum absolute atomic E-state index is 0.428. The first-order valence-electron chi connectivity index (χ1n) is 7.63. The average Bonchev–Trinajstić information content (AvgIpc) is 2.63. The molecule has 0 radical (unpaired) electrons. The molecule has 0 saturated heterocycles. The largest absolute Gasteiger partial charge is 0.429 e. The van der Waals surface area contributed by atoms with Crippen molar-refractivity contribution in [3.8, 4) is 28.0 Å². The van der Waals surface area contributed by atoms with Crippen LogP contribution in [0, 0.1) is 12.3 Å². The fraction of sp³-hybridized carbons (Fsp3) is 0.0476. The van der Waals surface area contributed by atoms with E-state index in [0.717, 1.165) is 22.3 Å². The van der Waals surface area contributed by atoms with Crippen LogP contribution < -0.4 is 4.74 Å². The predicted molar refractivity (Wildman–Crippen MR) is 96.6 cm³/mol. The summed E-state index contributed by atoms with van der Waals surface area (Å²) < 4.78 is 4.82. The maximum atomic E-state index is 10.4. The highest BCUT2D eigenvalue weighted by Crippen LogP contribution is 2.29. The van der Waals surface area contributed by atoms with E-state index in [2.05, 4.69) is 25.1 Å². The van der Waals surface area contributed by atoms with Crippen LogP contribution >= 0.6 is 0 Å². The van der Waals surface area contributed by atoms with Crippen LogP contribution in [0.1, 0.15) is 11.1 Å². The number of ether oxygens (including phenoxy) is 1. The van der Waals surface area contributed by atoms with Gasteiger partial charge in [0, 0.05) is 6.21 Å². The van der Waals surface area contributed by atoms with E-state index in [-0.39, 0.29) is 0 Å². The van der Waals surface area contributed by atoms with E-state index in [1.807, 2.05) is 36.4 Å². The molecule has 3 nitrogen and oxygen atoms in total. The van der Waals surface area contributed by atoms with E-state index in [9.17, 15) is 4.79 Å². The van der Waals surface area contributed by atoms with Crippen LogP contribution in [0.2, 0.25) is 0 Å². The molecular weight excluding hydrogens is 298 g/mol. The summed E-state index contributed by atoms with van der Waals surface area (Å²) in [6.45, 7) is 2.52. The first kappa shape index (κ1) is 15.7. The van der Waals surface area contributed by atoms with Crippen LogP contribution in [0.4, 0.5) is 0 Å². The number of benzene rings is 3. The van der Waals surface area contributed by atoms with Crippen LogP contribution in [0.15, 0.2) is 66.7 Å². The second-order valence-corrected chi connectivity index (χ2v) is 5.53. The number of hydrogen-bond donors (Lipinski definition) is 1. The number of carbonyl (C=O) groups excluding carboxylic acids is 1. The molecule has 0 aliphatic rings. The van der Waals surface area contributed by atoms with Crippen LogP contribution in [0.3, 0.4) is 0 Å². The van der Waals surface area contributed by atoms with E-state index in [1.165, 1.54) is 17.3 Å². The Bertz CT molecular complexity index is 865. The minimum atomic E-state index is 0.428. The first-order chi connectivity index (χ1) is 11.7. The van der Waals surface area contributed by atoms with Crippen molar-refractivity contribution in [2.75, 3.05) is 0 Å². The highest BCUT2D eigenvalue weighted by molar-refractivity contribution is 5.80. The predicted octanol–water partition coefficient (Wildman–Crippen LogP) is 4.86. The maximum absolute atomic E-state index is 10.4. The normalized spacial score (nSPS) is 10.2. The molecule has 0 fully saturated rings. The summed E-state index contributed by atoms with van der Waals surface area (Å²) in [7, 11) is 0. The molecule has 0 spiro atoms. The molecule has 3 rings (SSSR count). The van der Waals surface area contributed by atoms with Gasteiger partial charge >= 0.3 is 0 Å². The lowest BCUT2D eigenvalue weighted by Gasteiger charge is -2.10. The molecule has 0 unspecified atom stereocenters. The fourth-order valence-electron chi connectivity index (χ4n) is 2.71. The molecule has 3 aromatic carbocycles. The van der Waals surface area contributed by atoms with Crippen molar-refractivity contribution in [2.24, 2.45) is 0 Å². The SMILES string of the molecule is Cc1cc(-c2ccc(OC=O)cc2)ccc1-c1ccc(C=N)cc1. The Morgan fingerprint density at radius 3 is 2.04 bits per heavy atom. The van der Waals surface area contributed by atoms with Gasteiger partial charge in [0.05, 0.1) is 0 Å². The van der Waals surface area contributed by atoms with Crippen LogP contribution in [-0.2, 0) is 4.79 Å². The van der Waals surface area contributed by atoms with E-state index in [4.69, 9.17) is 10.1 Å². The maximum Gasteiger partial charge on any atom is 0.298 e. The zero-order chi connectivity index (χ0) is 16.9. The van der Waals surface area contributed by atoms with Gasteiger partial charge in [-0.2, -0.15) is 0 Å². The van der Waals surface area contributed by atoms with Crippen LogP contribution in [0.5, 0.6) is 5.75 Å². The van der Waals surface area contributed by atoms with Crippen molar-refractivity contribution in [3.05, 3.63) is 77.9 Å². The van der Waals surface area contributed by atoms with Crippen molar-refractivity contribution < 1.29 is 9.53 Å². The zero-order valence-corrected chi connectivity index (χ0v) is 13.3. The molecule has 0 heterocycles. The van der Waals surface area contributed by atoms with Gasteiger partial charge in [-0.25, -0.2) is 0 Å². The molecule has 24 heavy (non-hydrogen) atoms. The van der Waals surface area contributed by atoms with Gasteiger partial charge in [0.15, 0.2) is 0 Å². The molecule has 0 bridgehead atoms. The molecular formula is C21H17NO2.